The Morgan fingerprint density at radius 2 is 1.88 bits per heavy atom. The largest absolute Gasteiger partial charge is 0.586 e. The zero-order chi connectivity index (χ0) is 22.3. The van der Waals surface area contributed by atoms with Gasteiger partial charge in [-0.05, 0) is 60.9 Å². The Morgan fingerprint density at radius 3 is 2.56 bits per heavy atom. The highest BCUT2D eigenvalue weighted by Gasteiger charge is 2.20. The first kappa shape index (κ1) is 21.7. The van der Waals surface area contributed by atoms with Gasteiger partial charge in [-0.15, -0.1) is 0 Å². The number of aromatic amines is 1. The Kier molecular flexibility index (Phi) is 6.88. The summed E-state index contributed by atoms with van der Waals surface area (Å²) in [6.07, 6.45) is 10.7. The third kappa shape index (κ3) is 5.18. The Balaban J connectivity index is 1.46. The van der Waals surface area contributed by atoms with Gasteiger partial charge in [-0.2, -0.15) is 0 Å². The summed E-state index contributed by atoms with van der Waals surface area (Å²) in [4.78, 5) is 3.53. The van der Waals surface area contributed by atoms with Crippen LogP contribution in [-0.2, 0) is 6.61 Å². The number of allylic oxidation sites excluding steroid dienone is 2. The molecular weight excluding hydrogens is 393 g/mol. The number of benzene rings is 2. The lowest BCUT2D eigenvalue weighted by atomic mass is 10.0. The van der Waals surface area contributed by atoms with Gasteiger partial charge >= 0.3 is 7.98 Å². The standard InChI is InChI=1S/C27H27BN3O/c1-20-18-23(30-27(20)25(15-16-29)26-8-5-17-31(26)28)12-9-21-10-13-24(14-11-21)32-19-22-6-3-2-4-7-22/h2-14,17-18,30H,15-16,19,29H2,1H3/q+1/b12-9+. The summed E-state index contributed by atoms with van der Waals surface area (Å²) in [5.74, 6) is 0.856. The predicted molar refractivity (Wildman–Crippen MR) is 133 cm³/mol. The molecule has 0 amide bonds. The fourth-order valence-corrected chi connectivity index (χ4v) is 3.76. The lowest BCUT2D eigenvalue weighted by Gasteiger charge is -2.07. The summed E-state index contributed by atoms with van der Waals surface area (Å²) >= 11 is 0. The summed E-state index contributed by atoms with van der Waals surface area (Å²) in [5, 5.41) is 0. The van der Waals surface area contributed by atoms with Crippen molar-refractivity contribution < 1.29 is 9.22 Å². The minimum Gasteiger partial charge on any atom is -0.489 e. The average Bonchev–Trinajstić information content (AvgIpc) is 3.41. The van der Waals surface area contributed by atoms with Gasteiger partial charge in [0.05, 0.1) is 5.69 Å². The van der Waals surface area contributed by atoms with E-state index in [2.05, 4.69) is 54.4 Å². The molecule has 0 atom stereocenters. The van der Waals surface area contributed by atoms with Crippen molar-refractivity contribution in [2.24, 2.45) is 5.73 Å². The number of rotatable bonds is 8. The monoisotopic (exact) mass is 420 g/mol. The molecular formula is C27H27BN3O+. The number of hydrogen-bond acceptors (Lipinski definition) is 2. The molecule has 0 spiro atoms. The molecule has 0 aliphatic carbocycles. The number of H-pyrrole nitrogens is 1. The lowest BCUT2D eigenvalue weighted by Crippen LogP contribution is -2.09. The van der Waals surface area contributed by atoms with E-state index in [0.717, 1.165) is 46.0 Å². The molecule has 0 fully saturated rings. The molecule has 32 heavy (non-hydrogen) atoms. The molecule has 3 aromatic rings. The van der Waals surface area contributed by atoms with Crippen molar-refractivity contribution in [1.29, 1.82) is 0 Å². The van der Waals surface area contributed by atoms with E-state index < -0.39 is 0 Å². The average molecular weight is 420 g/mol. The van der Waals surface area contributed by atoms with Crippen molar-refractivity contribution in [1.82, 2.24) is 4.98 Å². The minimum atomic E-state index is 0.558. The third-order valence-electron chi connectivity index (χ3n) is 5.40. The number of nitrogens with one attached hydrogen (secondary N) is 1. The first-order chi connectivity index (χ1) is 15.6. The van der Waals surface area contributed by atoms with Crippen LogP contribution >= 0.6 is 0 Å². The van der Waals surface area contributed by atoms with E-state index in [0.29, 0.717) is 13.2 Å². The van der Waals surface area contributed by atoms with Gasteiger partial charge in [0, 0.05) is 23.4 Å². The van der Waals surface area contributed by atoms with Crippen LogP contribution in [0.5, 0.6) is 5.75 Å². The molecule has 0 bridgehead atoms. The molecule has 0 saturated carbocycles. The normalized spacial score (nSPS) is 14.8. The van der Waals surface area contributed by atoms with Gasteiger partial charge in [0.25, 0.3) is 0 Å². The maximum atomic E-state index is 6.08. The Morgan fingerprint density at radius 1 is 1.09 bits per heavy atom. The van der Waals surface area contributed by atoms with Crippen LogP contribution in [0, 0.1) is 6.92 Å². The molecule has 0 saturated heterocycles. The molecule has 1 aliphatic rings. The summed E-state index contributed by atoms with van der Waals surface area (Å²) in [7, 11) is 6.08. The van der Waals surface area contributed by atoms with Crippen molar-refractivity contribution in [3.05, 3.63) is 107 Å². The second kappa shape index (κ2) is 10.2. The van der Waals surface area contributed by atoms with Crippen LogP contribution in [0.25, 0.3) is 17.7 Å². The van der Waals surface area contributed by atoms with Crippen LogP contribution in [-0.4, -0.2) is 30.2 Å². The molecule has 2 aromatic carbocycles. The summed E-state index contributed by atoms with van der Waals surface area (Å²) in [6.45, 7) is 3.22. The smallest absolute Gasteiger partial charge is 0.489 e. The number of aryl methyl sites for hydroxylation is 1. The van der Waals surface area contributed by atoms with Gasteiger partial charge in [-0.25, -0.2) is 0 Å². The van der Waals surface area contributed by atoms with Crippen LogP contribution in [0.2, 0.25) is 0 Å². The molecule has 2 heterocycles. The highest BCUT2D eigenvalue weighted by Crippen LogP contribution is 2.27. The zero-order valence-electron chi connectivity index (χ0n) is 18.3. The topological polar surface area (TPSA) is 54.0 Å². The molecule has 1 aliphatic heterocycles. The molecule has 3 N–H and O–H groups in total. The minimum absolute atomic E-state index is 0.558. The van der Waals surface area contributed by atoms with Gasteiger partial charge in [-0.1, -0.05) is 48.5 Å². The van der Waals surface area contributed by atoms with Crippen LogP contribution in [0.1, 0.15) is 34.5 Å². The van der Waals surface area contributed by atoms with E-state index in [-0.39, 0.29) is 0 Å². The molecule has 5 heteroatoms. The fraction of sp³-hybridized carbons (Fsp3) is 0.148. The first-order valence-electron chi connectivity index (χ1n) is 10.8. The van der Waals surface area contributed by atoms with Crippen molar-refractivity contribution in [3.63, 3.8) is 0 Å². The van der Waals surface area contributed by atoms with E-state index >= 15 is 0 Å². The second-order valence-corrected chi connectivity index (χ2v) is 7.78. The highest BCUT2D eigenvalue weighted by atomic mass is 16.5. The molecule has 2 radical (unpaired) electrons. The van der Waals surface area contributed by atoms with Gasteiger partial charge in [0.15, 0.2) is 5.70 Å². The number of nitrogens with zero attached hydrogens (tertiary/aromatic N) is 1. The van der Waals surface area contributed by atoms with Crippen molar-refractivity contribution >= 4 is 31.9 Å². The van der Waals surface area contributed by atoms with Gasteiger partial charge < -0.3 is 15.5 Å². The number of hydrogen-bond donors (Lipinski definition) is 2. The van der Waals surface area contributed by atoms with E-state index in [9.17, 15) is 0 Å². The zero-order valence-corrected chi connectivity index (χ0v) is 18.3. The second-order valence-electron chi connectivity index (χ2n) is 7.78. The quantitative estimate of drug-likeness (QED) is 0.511. The highest BCUT2D eigenvalue weighted by molar-refractivity contribution is 6.01. The van der Waals surface area contributed by atoms with E-state index in [1.54, 1.807) is 4.49 Å². The molecule has 1 aromatic heterocycles. The first-order valence-corrected chi connectivity index (χ1v) is 10.8. The van der Waals surface area contributed by atoms with Crippen molar-refractivity contribution in [2.75, 3.05) is 6.54 Å². The summed E-state index contributed by atoms with van der Waals surface area (Å²) in [5.41, 5.74) is 13.5. The van der Waals surface area contributed by atoms with Crippen molar-refractivity contribution in [2.45, 2.75) is 20.0 Å². The summed E-state index contributed by atoms with van der Waals surface area (Å²) in [6, 6.07) is 20.4. The SMILES string of the molecule is [B][N+]1=CC=CC1=C(CCN)c1[nH]c(/C=C/c2ccc(OCc3ccccc3)cc2)cc1C. The molecule has 4 nitrogen and oxygen atoms in total. The Bertz CT molecular complexity index is 1190. The molecule has 0 unspecified atom stereocenters. The fourth-order valence-electron chi connectivity index (χ4n) is 3.76. The van der Waals surface area contributed by atoms with Gasteiger partial charge in [0.2, 0.25) is 0 Å². The molecule has 4 rings (SSSR count). The maximum absolute atomic E-state index is 6.08. The number of aromatic nitrogens is 1. The Labute approximate surface area is 190 Å². The number of nitrogens with two attached hydrogens (primary N) is 1. The third-order valence-corrected chi connectivity index (χ3v) is 5.40. The predicted octanol–water partition coefficient (Wildman–Crippen LogP) is 4.87. The van der Waals surface area contributed by atoms with Crippen LogP contribution in [0.3, 0.4) is 0 Å². The van der Waals surface area contributed by atoms with E-state index in [1.165, 1.54) is 5.56 Å². The Hall–Kier alpha value is -3.57. The van der Waals surface area contributed by atoms with E-state index in [1.807, 2.05) is 48.7 Å². The van der Waals surface area contributed by atoms with Gasteiger partial charge in [0.1, 0.15) is 18.6 Å². The van der Waals surface area contributed by atoms with Crippen LogP contribution in [0.15, 0.2) is 78.5 Å². The molecule has 158 valence electrons. The van der Waals surface area contributed by atoms with Crippen LogP contribution < -0.4 is 10.5 Å². The van der Waals surface area contributed by atoms with Gasteiger partial charge in [-0.3, -0.25) is 4.49 Å². The van der Waals surface area contributed by atoms with Crippen LogP contribution in [0.4, 0.5) is 0 Å². The summed E-state index contributed by atoms with van der Waals surface area (Å²) < 4.78 is 7.51. The van der Waals surface area contributed by atoms with E-state index in [4.69, 9.17) is 18.5 Å². The van der Waals surface area contributed by atoms with Crippen molar-refractivity contribution in [3.8, 4) is 5.75 Å². The number of ether oxygens (including phenoxy) is 1. The lowest BCUT2D eigenvalue weighted by molar-refractivity contribution is -0.294. The maximum Gasteiger partial charge on any atom is 0.586 e.